The number of phenols is 1. The van der Waals surface area contributed by atoms with Crippen LogP contribution < -0.4 is 0 Å². The zero-order valence-electron chi connectivity index (χ0n) is 11.9. The molecule has 2 fully saturated rings. The van der Waals surface area contributed by atoms with Crippen LogP contribution in [0.4, 0.5) is 0 Å². The first kappa shape index (κ1) is 15.3. The van der Waals surface area contributed by atoms with E-state index in [1.165, 1.54) is 16.7 Å². The van der Waals surface area contributed by atoms with Crippen molar-refractivity contribution in [1.29, 1.82) is 0 Å². The maximum absolute atomic E-state index is 12.2. The molecular weight excluding hydrogens is 271 g/mol. The van der Waals surface area contributed by atoms with Crippen molar-refractivity contribution in [2.45, 2.75) is 44.9 Å². The van der Waals surface area contributed by atoms with Crippen molar-refractivity contribution in [2.75, 3.05) is 0 Å². The van der Waals surface area contributed by atoms with Crippen LogP contribution in [0.5, 0.6) is 5.75 Å². The first-order valence-corrected chi connectivity index (χ1v) is 7.64. The summed E-state index contributed by atoms with van der Waals surface area (Å²) in [6, 6.07) is 5.79. The van der Waals surface area contributed by atoms with Crippen molar-refractivity contribution in [3.8, 4) is 5.75 Å². The molecule has 4 rings (SSSR count). The van der Waals surface area contributed by atoms with Gasteiger partial charge in [0.2, 0.25) is 0 Å². The van der Waals surface area contributed by atoms with Crippen molar-refractivity contribution < 1.29 is 9.90 Å². The van der Waals surface area contributed by atoms with Gasteiger partial charge in [-0.05, 0) is 54.9 Å². The molecule has 1 N–H and O–H groups in total. The summed E-state index contributed by atoms with van der Waals surface area (Å²) >= 11 is 0. The third kappa shape index (κ3) is 2.15. The maximum atomic E-state index is 12.2. The second kappa shape index (κ2) is 5.26. The van der Waals surface area contributed by atoms with Crippen molar-refractivity contribution in [1.82, 2.24) is 0 Å². The molecule has 3 aliphatic rings. The number of phenolic OH excluding ortho intramolecular Hbond substituents is 1. The third-order valence-electron chi connectivity index (χ3n) is 5.88. The molecule has 0 unspecified atom stereocenters. The molecule has 2 nitrogen and oxygen atoms in total. The summed E-state index contributed by atoms with van der Waals surface area (Å²) in [7, 11) is 0. The van der Waals surface area contributed by atoms with Crippen LogP contribution in [0.1, 0.15) is 49.7 Å². The predicted octanol–water partition coefficient (Wildman–Crippen LogP) is 3.09. The molecule has 0 heterocycles. The van der Waals surface area contributed by atoms with Gasteiger partial charge in [0, 0.05) is 17.8 Å². The summed E-state index contributed by atoms with van der Waals surface area (Å²) in [4.78, 5) is 12.2. The fourth-order valence-electron chi connectivity index (χ4n) is 4.73. The summed E-state index contributed by atoms with van der Waals surface area (Å²) in [5.74, 6) is 1.76. The van der Waals surface area contributed by atoms with Gasteiger partial charge in [-0.3, -0.25) is 4.79 Å². The van der Waals surface area contributed by atoms with Gasteiger partial charge in [0.05, 0.1) is 0 Å². The van der Waals surface area contributed by atoms with E-state index in [-0.39, 0.29) is 35.0 Å². The van der Waals surface area contributed by atoms with Crippen molar-refractivity contribution in [2.24, 2.45) is 11.3 Å². The number of rotatable bonds is 0. The van der Waals surface area contributed by atoms with Crippen molar-refractivity contribution in [3.05, 3.63) is 41.0 Å². The molecule has 0 bridgehead atoms. The molecule has 21 heavy (non-hydrogen) atoms. The van der Waals surface area contributed by atoms with Gasteiger partial charge in [0.1, 0.15) is 11.5 Å². The van der Waals surface area contributed by atoms with E-state index in [4.69, 9.17) is 0 Å². The number of benzene rings is 1. The molecule has 3 atom stereocenters. The summed E-state index contributed by atoms with van der Waals surface area (Å²) < 4.78 is 0. The van der Waals surface area contributed by atoms with Crippen molar-refractivity contribution in [3.63, 3.8) is 0 Å². The van der Waals surface area contributed by atoms with Gasteiger partial charge in [-0.1, -0.05) is 24.6 Å². The van der Waals surface area contributed by atoms with Crippen LogP contribution in [-0.2, 0) is 11.2 Å². The predicted molar refractivity (Wildman–Crippen MR) is 84.9 cm³/mol. The Kier molecular flexibility index (Phi) is 3.84. The average molecular weight is 292 g/mol. The number of ketones is 1. The quantitative estimate of drug-likeness (QED) is 0.589. The number of hydrogen-bond acceptors (Lipinski definition) is 2. The molecule has 3 aliphatic carbocycles. The molecule has 0 amide bonds. The third-order valence-corrected chi connectivity index (χ3v) is 5.88. The van der Waals surface area contributed by atoms with E-state index in [9.17, 15) is 9.90 Å². The number of carbonyl (C=O) groups is 1. The zero-order chi connectivity index (χ0) is 13.9. The van der Waals surface area contributed by atoms with Crippen LogP contribution in [-0.4, -0.2) is 40.4 Å². The normalized spacial score (nSPS) is 33.4. The standard InChI is InChI=1S/C18H20O2.Na.H/c1-18-9-8-14-13-5-3-12(19)10-11(13)2-4-15(14)16(18)6-7-17(18)20;;/h3-5,10,14,16,19H,2,6-9H2,1H3;;/t14-,16+,18+;;/m1../s1. The van der Waals surface area contributed by atoms with E-state index in [1.807, 2.05) is 6.07 Å². The minimum atomic E-state index is -0.100. The molecule has 106 valence electrons. The van der Waals surface area contributed by atoms with Gasteiger partial charge in [-0.25, -0.2) is 0 Å². The van der Waals surface area contributed by atoms with Crippen LogP contribution in [0.3, 0.4) is 0 Å². The number of aromatic hydroxyl groups is 1. The summed E-state index contributed by atoms with van der Waals surface area (Å²) in [6.07, 6.45) is 7.11. The molecule has 0 aliphatic heterocycles. The zero-order valence-corrected chi connectivity index (χ0v) is 11.9. The van der Waals surface area contributed by atoms with E-state index in [0.717, 1.165) is 32.1 Å². The number of Topliss-reactive ketones (excluding diaryl/α,β-unsaturated/α-hetero) is 1. The number of hydrogen-bond donors (Lipinski definition) is 1. The molecule has 1 aromatic rings. The van der Waals surface area contributed by atoms with Gasteiger partial charge in [0.15, 0.2) is 0 Å². The van der Waals surface area contributed by atoms with Crippen molar-refractivity contribution >= 4 is 35.3 Å². The second-order valence-electron chi connectivity index (χ2n) is 6.81. The fourth-order valence-corrected chi connectivity index (χ4v) is 4.73. The van der Waals surface area contributed by atoms with E-state index in [1.54, 1.807) is 6.07 Å². The average Bonchev–Trinajstić information content (AvgIpc) is 2.74. The summed E-state index contributed by atoms with van der Waals surface area (Å²) in [6.45, 7) is 2.18. The molecule has 0 radical (unpaired) electrons. The Bertz CT molecular complexity index is 634. The monoisotopic (exact) mass is 292 g/mol. The molecule has 0 saturated heterocycles. The Morgan fingerprint density at radius 2 is 2.10 bits per heavy atom. The molecule has 0 aromatic heterocycles. The van der Waals surface area contributed by atoms with Gasteiger partial charge >= 0.3 is 29.6 Å². The summed E-state index contributed by atoms with van der Waals surface area (Å²) in [5.41, 5.74) is 4.03. The Balaban J connectivity index is 0.00000132. The Hall–Kier alpha value is -0.570. The van der Waals surface area contributed by atoms with E-state index >= 15 is 0 Å². The topological polar surface area (TPSA) is 37.3 Å². The molecule has 2 saturated carbocycles. The van der Waals surface area contributed by atoms with Crippen LogP contribution in [0.15, 0.2) is 29.8 Å². The molecule has 3 heteroatoms. The first-order chi connectivity index (χ1) is 9.59. The minimum absolute atomic E-state index is 0. The van der Waals surface area contributed by atoms with Gasteiger partial charge in [-0.2, -0.15) is 0 Å². The second-order valence-corrected chi connectivity index (χ2v) is 6.81. The molecular formula is C18H21NaO2. The van der Waals surface area contributed by atoms with Crippen LogP contribution >= 0.6 is 0 Å². The number of fused-ring (bicyclic) bond motifs is 5. The van der Waals surface area contributed by atoms with Gasteiger partial charge in [-0.15, -0.1) is 0 Å². The van der Waals surface area contributed by atoms with E-state index in [0.29, 0.717) is 23.4 Å². The van der Waals surface area contributed by atoms with Crippen LogP contribution in [0.2, 0.25) is 0 Å². The first-order valence-electron chi connectivity index (χ1n) is 7.64. The van der Waals surface area contributed by atoms with E-state index in [2.05, 4.69) is 19.1 Å². The van der Waals surface area contributed by atoms with Crippen LogP contribution in [0, 0.1) is 11.3 Å². The Morgan fingerprint density at radius 3 is 2.90 bits per heavy atom. The number of carbonyl (C=O) groups excluding carboxylic acids is 1. The Morgan fingerprint density at radius 1 is 1.29 bits per heavy atom. The van der Waals surface area contributed by atoms with Crippen LogP contribution in [0.25, 0.3) is 0 Å². The van der Waals surface area contributed by atoms with Gasteiger partial charge in [0.25, 0.3) is 0 Å². The van der Waals surface area contributed by atoms with E-state index < -0.39 is 0 Å². The summed E-state index contributed by atoms with van der Waals surface area (Å²) in [5, 5.41) is 9.64. The SMILES string of the molecule is C[C@]12CC[C@H]3C(=CCc4cc(O)ccc43)[C@@H]1CCC2=O.[NaH]. The fraction of sp³-hybridized carbons (Fsp3) is 0.500. The molecule has 0 spiro atoms. The Labute approximate surface area is 147 Å². The number of allylic oxidation sites excluding steroid dienone is 2. The van der Waals surface area contributed by atoms with Gasteiger partial charge < -0.3 is 5.11 Å². The molecule has 1 aromatic carbocycles.